The van der Waals surface area contributed by atoms with Crippen LogP contribution in [0.1, 0.15) is 13.8 Å². The minimum absolute atomic E-state index is 0.285. The van der Waals surface area contributed by atoms with Gasteiger partial charge >= 0.3 is 7.60 Å². The summed E-state index contributed by atoms with van der Waals surface area (Å²) in [5.74, 6) is 0. The highest BCUT2D eigenvalue weighted by atomic mass is 79.9. The third kappa shape index (κ3) is 3.93. The van der Waals surface area contributed by atoms with Crippen LogP contribution in [0.3, 0.4) is 0 Å². The van der Waals surface area contributed by atoms with E-state index in [-0.39, 0.29) is 13.2 Å². The van der Waals surface area contributed by atoms with Gasteiger partial charge in [-0.2, -0.15) is 5.26 Å². The highest BCUT2D eigenvalue weighted by Gasteiger charge is 2.28. The maximum atomic E-state index is 12.0. The molecule has 0 amide bonds. The van der Waals surface area contributed by atoms with Crippen LogP contribution in [0, 0.1) is 11.3 Å². The number of nitrogens with zero attached hydrogens (tertiary/aromatic N) is 1. The minimum atomic E-state index is -3.25. The average Bonchev–Trinajstić information content (AvgIpc) is 2.14. The summed E-state index contributed by atoms with van der Waals surface area (Å²) in [6.07, 6.45) is 1.20. The number of halogens is 1. The van der Waals surface area contributed by atoms with E-state index in [0.717, 1.165) is 0 Å². The first-order valence-corrected chi connectivity index (χ1v) is 6.85. The summed E-state index contributed by atoms with van der Waals surface area (Å²) in [7, 11) is -3.25. The topological polar surface area (TPSA) is 59.3 Å². The van der Waals surface area contributed by atoms with Crippen molar-refractivity contribution in [2.75, 3.05) is 18.5 Å². The number of hydrogen-bond donors (Lipinski definition) is 0. The third-order valence-corrected chi connectivity index (χ3v) is 4.54. The molecule has 0 spiro atoms. The van der Waals surface area contributed by atoms with E-state index in [2.05, 4.69) is 15.9 Å². The van der Waals surface area contributed by atoms with E-state index in [1.165, 1.54) is 6.08 Å². The van der Waals surface area contributed by atoms with Crippen LogP contribution in [0.2, 0.25) is 0 Å². The number of allylic oxidation sites excluding steroid dienone is 2. The lowest BCUT2D eigenvalue weighted by atomic mass is 10.6. The van der Waals surface area contributed by atoms with Gasteiger partial charge in [0, 0.05) is 11.4 Å². The first-order chi connectivity index (χ1) is 6.64. The van der Waals surface area contributed by atoms with E-state index in [0.29, 0.717) is 10.6 Å². The lowest BCUT2D eigenvalue weighted by molar-refractivity contribution is 0.226. The molecule has 0 aromatic heterocycles. The van der Waals surface area contributed by atoms with E-state index >= 15 is 0 Å². The molecule has 0 fully saturated rings. The van der Waals surface area contributed by atoms with Crippen LogP contribution in [-0.4, -0.2) is 18.5 Å². The number of alkyl halides is 1. The van der Waals surface area contributed by atoms with E-state index in [1.54, 1.807) is 13.8 Å². The van der Waals surface area contributed by atoms with Crippen molar-refractivity contribution in [2.45, 2.75) is 13.8 Å². The van der Waals surface area contributed by atoms with Gasteiger partial charge in [-0.25, -0.2) is 0 Å². The second-order valence-corrected chi connectivity index (χ2v) is 4.88. The molecular formula is C8H13BrNO3P. The molecule has 6 heteroatoms. The maximum Gasteiger partial charge on any atom is 0.358 e. The molecule has 0 unspecified atom stereocenters. The van der Waals surface area contributed by atoms with Crippen LogP contribution in [-0.2, 0) is 13.6 Å². The Morgan fingerprint density at radius 3 is 2.29 bits per heavy atom. The lowest BCUT2D eigenvalue weighted by Gasteiger charge is -2.17. The van der Waals surface area contributed by atoms with Crippen LogP contribution in [0.4, 0.5) is 0 Å². The lowest BCUT2D eigenvalue weighted by Crippen LogP contribution is -1.99. The minimum Gasteiger partial charge on any atom is -0.306 e. The average molecular weight is 282 g/mol. The Morgan fingerprint density at radius 2 is 2.00 bits per heavy atom. The van der Waals surface area contributed by atoms with Crippen LogP contribution >= 0.6 is 23.5 Å². The van der Waals surface area contributed by atoms with E-state index < -0.39 is 7.60 Å². The van der Waals surface area contributed by atoms with Gasteiger partial charge in [0.25, 0.3) is 0 Å². The van der Waals surface area contributed by atoms with Crippen LogP contribution in [0.15, 0.2) is 11.4 Å². The summed E-state index contributed by atoms with van der Waals surface area (Å²) in [4.78, 5) is 0. The zero-order valence-electron chi connectivity index (χ0n) is 8.20. The van der Waals surface area contributed by atoms with Crippen molar-refractivity contribution in [1.82, 2.24) is 0 Å². The van der Waals surface area contributed by atoms with Gasteiger partial charge in [0.2, 0.25) is 0 Å². The Kier molecular flexibility index (Phi) is 7.12. The molecule has 0 aliphatic heterocycles. The normalized spacial score (nSPS) is 12.6. The van der Waals surface area contributed by atoms with Crippen LogP contribution in [0.5, 0.6) is 0 Å². The van der Waals surface area contributed by atoms with Crippen molar-refractivity contribution in [3.8, 4) is 6.07 Å². The quantitative estimate of drug-likeness (QED) is 0.427. The van der Waals surface area contributed by atoms with Crippen molar-refractivity contribution in [3.05, 3.63) is 11.4 Å². The Balaban J connectivity index is 4.88. The number of rotatable bonds is 6. The van der Waals surface area contributed by atoms with Crippen molar-refractivity contribution < 1.29 is 13.6 Å². The summed E-state index contributed by atoms with van der Waals surface area (Å²) < 4.78 is 22.2. The monoisotopic (exact) mass is 281 g/mol. The standard InChI is InChI=1S/C8H13BrNO3P/c1-3-12-14(11,13-4-2)8(7-9)5-6-10/h5H,3-4,7H2,1-2H3/b8-5+. The Bertz CT molecular complexity index is 275. The molecule has 4 nitrogen and oxygen atoms in total. The van der Waals surface area contributed by atoms with Gasteiger partial charge in [-0.3, -0.25) is 4.57 Å². The van der Waals surface area contributed by atoms with Gasteiger partial charge in [0.1, 0.15) is 0 Å². The molecule has 0 aromatic rings. The molecule has 0 rings (SSSR count). The van der Waals surface area contributed by atoms with Crippen LogP contribution < -0.4 is 0 Å². The van der Waals surface area contributed by atoms with Gasteiger partial charge in [0.15, 0.2) is 0 Å². The molecule has 0 N–H and O–H groups in total. The number of hydrogen-bond acceptors (Lipinski definition) is 4. The second kappa shape index (κ2) is 7.19. The molecule has 0 atom stereocenters. The zero-order chi connectivity index (χ0) is 11.0. The molecule has 80 valence electrons. The molecule has 0 radical (unpaired) electrons. The first kappa shape index (κ1) is 13.9. The van der Waals surface area contributed by atoms with Gasteiger partial charge in [0.05, 0.1) is 24.6 Å². The van der Waals surface area contributed by atoms with Gasteiger partial charge in [-0.1, -0.05) is 15.9 Å². The molecule has 0 heterocycles. The molecule has 0 bridgehead atoms. The SMILES string of the molecule is CCOP(=O)(OCC)/C(=C/C#N)CBr. The maximum absolute atomic E-state index is 12.0. The summed E-state index contributed by atoms with van der Waals surface area (Å²) >= 11 is 3.14. The van der Waals surface area contributed by atoms with Crippen molar-refractivity contribution in [3.63, 3.8) is 0 Å². The molecule has 0 saturated carbocycles. The third-order valence-electron chi connectivity index (χ3n) is 1.32. The van der Waals surface area contributed by atoms with E-state index in [4.69, 9.17) is 14.3 Å². The molecule has 0 saturated heterocycles. The summed E-state index contributed by atoms with van der Waals surface area (Å²) in [6.45, 7) is 4.02. The Hall–Kier alpha value is -0.140. The Labute approximate surface area is 92.6 Å². The van der Waals surface area contributed by atoms with Crippen molar-refractivity contribution >= 4 is 23.5 Å². The largest absolute Gasteiger partial charge is 0.358 e. The summed E-state index contributed by atoms with van der Waals surface area (Å²) in [5.41, 5.74) is 0. The summed E-state index contributed by atoms with van der Waals surface area (Å²) in [5, 5.41) is 9.14. The molecular weight excluding hydrogens is 269 g/mol. The van der Waals surface area contributed by atoms with E-state index in [1.807, 2.05) is 6.07 Å². The van der Waals surface area contributed by atoms with Gasteiger partial charge in [-0.15, -0.1) is 0 Å². The van der Waals surface area contributed by atoms with E-state index in [9.17, 15) is 4.57 Å². The number of nitriles is 1. The van der Waals surface area contributed by atoms with Gasteiger partial charge < -0.3 is 9.05 Å². The fourth-order valence-corrected chi connectivity index (χ4v) is 3.34. The fourth-order valence-electron chi connectivity index (χ4n) is 0.808. The molecule has 0 aliphatic rings. The van der Waals surface area contributed by atoms with Crippen molar-refractivity contribution in [1.29, 1.82) is 5.26 Å². The predicted molar refractivity (Wildman–Crippen MR) is 58.3 cm³/mol. The zero-order valence-corrected chi connectivity index (χ0v) is 10.7. The smallest absolute Gasteiger partial charge is 0.306 e. The summed E-state index contributed by atoms with van der Waals surface area (Å²) in [6, 6.07) is 1.82. The first-order valence-electron chi connectivity index (χ1n) is 4.18. The second-order valence-electron chi connectivity index (χ2n) is 2.23. The van der Waals surface area contributed by atoms with Gasteiger partial charge in [-0.05, 0) is 13.8 Å². The molecule has 14 heavy (non-hydrogen) atoms. The Morgan fingerprint density at radius 1 is 1.50 bits per heavy atom. The molecule has 0 aliphatic carbocycles. The highest BCUT2D eigenvalue weighted by Crippen LogP contribution is 2.56. The van der Waals surface area contributed by atoms with Crippen molar-refractivity contribution in [2.24, 2.45) is 0 Å². The molecule has 0 aromatic carbocycles. The fraction of sp³-hybridized carbons (Fsp3) is 0.625. The predicted octanol–water partition coefficient (Wildman–Crippen LogP) is 3.05. The van der Waals surface area contributed by atoms with Crippen LogP contribution in [0.25, 0.3) is 0 Å². The highest BCUT2D eigenvalue weighted by molar-refractivity contribution is 9.09.